The molecule has 1 unspecified atom stereocenters. The zero-order valence-electron chi connectivity index (χ0n) is 15.5. The standard InChI is InChI=1S/C21H27NO3.ClH/c1-22-12-13-24-20(15-22)16-25-21-9-4-3-7-18(21)11-10-17-6-5-8-19(14-17)23-2;/h3-9,14,20H,10-13,15-16H2,1-2H3;1H. The Morgan fingerprint density at radius 1 is 1.12 bits per heavy atom. The highest BCUT2D eigenvalue weighted by Crippen LogP contribution is 2.22. The number of benzene rings is 2. The topological polar surface area (TPSA) is 30.9 Å². The quantitative estimate of drug-likeness (QED) is 0.737. The number of hydrogen-bond acceptors (Lipinski definition) is 4. The lowest BCUT2D eigenvalue weighted by molar-refractivity contribution is -0.0404. The molecular weight excluding hydrogens is 350 g/mol. The molecule has 0 aliphatic carbocycles. The first-order chi connectivity index (χ1) is 12.2. The van der Waals surface area contributed by atoms with Gasteiger partial charge in [0.1, 0.15) is 24.2 Å². The minimum atomic E-state index is 0. The Labute approximate surface area is 162 Å². The van der Waals surface area contributed by atoms with Crippen LogP contribution in [-0.2, 0) is 17.6 Å². The molecule has 1 heterocycles. The van der Waals surface area contributed by atoms with Crippen LogP contribution in [-0.4, -0.2) is 51.5 Å². The van der Waals surface area contributed by atoms with Crippen LogP contribution in [0.3, 0.4) is 0 Å². The van der Waals surface area contributed by atoms with E-state index in [-0.39, 0.29) is 18.5 Å². The molecule has 1 aliphatic rings. The Kier molecular flexibility index (Phi) is 8.23. The van der Waals surface area contributed by atoms with E-state index in [1.807, 2.05) is 24.3 Å². The number of morpholine rings is 1. The number of ether oxygens (including phenoxy) is 3. The first kappa shape index (κ1) is 20.6. The van der Waals surface area contributed by atoms with Gasteiger partial charge in [0.15, 0.2) is 0 Å². The predicted molar refractivity (Wildman–Crippen MR) is 107 cm³/mol. The van der Waals surface area contributed by atoms with Crippen LogP contribution < -0.4 is 9.47 Å². The summed E-state index contributed by atoms with van der Waals surface area (Å²) in [7, 11) is 3.82. The molecule has 2 aromatic carbocycles. The molecule has 5 heteroatoms. The lowest BCUT2D eigenvalue weighted by Crippen LogP contribution is -2.42. The van der Waals surface area contributed by atoms with Crippen molar-refractivity contribution in [2.45, 2.75) is 18.9 Å². The zero-order valence-corrected chi connectivity index (χ0v) is 16.3. The van der Waals surface area contributed by atoms with Gasteiger partial charge in [0.05, 0.1) is 13.7 Å². The maximum atomic E-state index is 6.08. The van der Waals surface area contributed by atoms with E-state index < -0.39 is 0 Å². The summed E-state index contributed by atoms with van der Waals surface area (Å²) in [6.45, 7) is 3.29. The van der Waals surface area contributed by atoms with E-state index in [0.29, 0.717) is 6.61 Å². The van der Waals surface area contributed by atoms with Gasteiger partial charge in [-0.15, -0.1) is 12.4 Å². The van der Waals surface area contributed by atoms with Gasteiger partial charge >= 0.3 is 0 Å². The minimum Gasteiger partial charge on any atom is -0.497 e. The number of halogens is 1. The van der Waals surface area contributed by atoms with Gasteiger partial charge in [0, 0.05) is 13.1 Å². The van der Waals surface area contributed by atoms with E-state index in [2.05, 4.69) is 36.2 Å². The van der Waals surface area contributed by atoms with Gasteiger partial charge in [-0.25, -0.2) is 0 Å². The fourth-order valence-electron chi connectivity index (χ4n) is 3.11. The minimum absolute atomic E-state index is 0. The fraction of sp³-hybridized carbons (Fsp3) is 0.429. The number of hydrogen-bond donors (Lipinski definition) is 0. The summed E-state index contributed by atoms with van der Waals surface area (Å²) in [5, 5.41) is 0. The molecule has 3 rings (SSSR count). The van der Waals surface area contributed by atoms with Crippen LogP contribution in [0.15, 0.2) is 48.5 Å². The Bertz CT molecular complexity index is 680. The van der Waals surface area contributed by atoms with Crippen molar-refractivity contribution < 1.29 is 14.2 Å². The lowest BCUT2D eigenvalue weighted by atomic mass is 10.0. The second-order valence-electron chi connectivity index (χ2n) is 6.53. The lowest BCUT2D eigenvalue weighted by Gasteiger charge is -2.30. The number of aryl methyl sites for hydroxylation is 2. The van der Waals surface area contributed by atoms with Crippen molar-refractivity contribution >= 4 is 12.4 Å². The van der Waals surface area contributed by atoms with E-state index in [4.69, 9.17) is 14.2 Å². The molecule has 0 radical (unpaired) electrons. The number of methoxy groups -OCH3 is 1. The van der Waals surface area contributed by atoms with Crippen molar-refractivity contribution in [2.24, 2.45) is 0 Å². The second kappa shape index (κ2) is 10.4. The number of rotatable bonds is 7. The summed E-state index contributed by atoms with van der Waals surface area (Å²) in [6, 6.07) is 16.5. The normalized spacial score (nSPS) is 17.4. The van der Waals surface area contributed by atoms with Crippen molar-refractivity contribution in [1.82, 2.24) is 4.90 Å². The van der Waals surface area contributed by atoms with Crippen molar-refractivity contribution in [3.05, 3.63) is 59.7 Å². The monoisotopic (exact) mass is 377 g/mol. The first-order valence-corrected chi connectivity index (χ1v) is 8.88. The van der Waals surface area contributed by atoms with Crippen LogP contribution in [0.5, 0.6) is 11.5 Å². The summed E-state index contributed by atoms with van der Waals surface area (Å²) in [5.41, 5.74) is 2.50. The maximum Gasteiger partial charge on any atom is 0.122 e. The third kappa shape index (κ3) is 5.90. The van der Waals surface area contributed by atoms with Gasteiger partial charge < -0.3 is 19.1 Å². The number of nitrogens with zero attached hydrogens (tertiary/aromatic N) is 1. The van der Waals surface area contributed by atoms with Gasteiger partial charge in [-0.05, 0) is 49.2 Å². The average Bonchev–Trinajstić information content (AvgIpc) is 2.65. The Morgan fingerprint density at radius 2 is 1.96 bits per heavy atom. The summed E-state index contributed by atoms with van der Waals surface area (Å²) in [6.07, 6.45) is 2.04. The predicted octanol–water partition coefficient (Wildman–Crippen LogP) is 3.61. The molecule has 1 atom stereocenters. The fourth-order valence-corrected chi connectivity index (χ4v) is 3.11. The van der Waals surface area contributed by atoms with Crippen LogP contribution in [0.4, 0.5) is 0 Å². The van der Waals surface area contributed by atoms with E-state index >= 15 is 0 Å². The Morgan fingerprint density at radius 3 is 2.77 bits per heavy atom. The third-order valence-electron chi connectivity index (χ3n) is 4.56. The van der Waals surface area contributed by atoms with Crippen molar-refractivity contribution in [2.75, 3.05) is 40.5 Å². The summed E-state index contributed by atoms with van der Waals surface area (Å²) in [4.78, 5) is 2.28. The van der Waals surface area contributed by atoms with Crippen LogP contribution in [0, 0.1) is 0 Å². The molecule has 2 aromatic rings. The van der Waals surface area contributed by atoms with Crippen LogP contribution in [0.2, 0.25) is 0 Å². The molecule has 0 spiro atoms. The Hall–Kier alpha value is -1.75. The number of para-hydroxylation sites is 1. The van der Waals surface area contributed by atoms with Gasteiger partial charge in [-0.3, -0.25) is 0 Å². The van der Waals surface area contributed by atoms with Gasteiger partial charge in [-0.2, -0.15) is 0 Å². The van der Waals surface area contributed by atoms with Crippen LogP contribution in [0.1, 0.15) is 11.1 Å². The largest absolute Gasteiger partial charge is 0.497 e. The van der Waals surface area contributed by atoms with Gasteiger partial charge in [-0.1, -0.05) is 30.3 Å². The molecule has 0 aromatic heterocycles. The summed E-state index contributed by atoms with van der Waals surface area (Å²) >= 11 is 0. The van der Waals surface area contributed by atoms with Crippen molar-refractivity contribution in [3.63, 3.8) is 0 Å². The zero-order chi connectivity index (χ0) is 17.5. The maximum absolute atomic E-state index is 6.08. The molecule has 0 bridgehead atoms. The SMILES string of the molecule is COc1cccc(CCc2ccccc2OCC2CN(C)CCO2)c1.Cl. The molecule has 0 amide bonds. The highest BCUT2D eigenvalue weighted by molar-refractivity contribution is 5.85. The highest BCUT2D eigenvalue weighted by Gasteiger charge is 2.18. The molecule has 26 heavy (non-hydrogen) atoms. The smallest absolute Gasteiger partial charge is 0.122 e. The summed E-state index contributed by atoms with van der Waals surface area (Å²) < 4.78 is 17.2. The van der Waals surface area contributed by atoms with E-state index in [9.17, 15) is 0 Å². The second-order valence-corrected chi connectivity index (χ2v) is 6.53. The van der Waals surface area contributed by atoms with E-state index in [1.54, 1.807) is 7.11 Å². The Balaban J connectivity index is 0.00000243. The molecule has 1 aliphatic heterocycles. The third-order valence-corrected chi connectivity index (χ3v) is 4.56. The molecule has 1 saturated heterocycles. The average molecular weight is 378 g/mol. The van der Waals surface area contributed by atoms with Gasteiger partial charge in [0.2, 0.25) is 0 Å². The molecule has 0 saturated carbocycles. The van der Waals surface area contributed by atoms with Crippen molar-refractivity contribution in [3.8, 4) is 11.5 Å². The molecule has 142 valence electrons. The highest BCUT2D eigenvalue weighted by atomic mass is 35.5. The number of likely N-dealkylation sites (N-methyl/N-ethyl adjacent to an activating group) is 1. The van der Waals surface area contributed by atoms with Gasteiger partial charge in [0.25, 0.3) is 0 Å². The first-order valence-electron chi connectivity index (χ1n) is 8.88. The van der Waals surface area contributed by atoms with E-state index in [1.165, 1.54) is 11.1 Å². The van der Waals surface area contributed by atoms with E-state index in [0.717, 1.165) is 44.0 Å². The summed E-state index contributed by atoms with van der Waals surface area (Å²) in [5.74, 6) is 1.86. The molecule has 0 N–H and O–H groups in total. The molecular formula is C21H28ClNO3. The molecule has 1 fully saturated rings. The van der Waals surface area contributed by atoms with Crippen molar-refractivity contribution in [1.29, 1.82) is 0 Å². The molecule has 4 nitrogen and oxygen atoms in total. The van der Waals surface area contributed by atoms with Crippen LogP contribution in [0.25, 0.3) is 0 Å². The van der Waals surface area contributed by atoms with Crippen LogP contribution >= 0.6 is 12.4 Å².